The smallest absolute Gasteiger partial charge is 0.176 e. The Kier molecular flexibility index (Phi) is 6.31. The maximum Gasteiger partial charge on any atom is 0.176 e. The number of ether oxygens (including phenoxy) is 2. The molecule has 3 atom stereocenters. The van der Waals surface area contributed by atoms with Crippen molar-refractivity contribution in [3.63, 3.8) is 0 Å². The number of rotatable bonds is 6. The van der Waals surface area contributed by atoms with Gasteiger partial charge in [0.2, 0.25) is 0 Å². The molecule has 0 aromatic carbocycles. The lowest BCUT2D eigenvalue weighted by Gasteiger charge is -2.37. The molecule has 2 fully saturated rings. The second-order valence-corrected chi connectivity index (χ2v) is 7.68. The Morgan fingerprint density at radius 2 is 2.14 bits per heavy atom. The number of aromatic nitrogens is 4. The molecule has 3 heterocycles. The van der Waals surface area contributed by atoms with Gasteiger partial charge in [0.15, 0.2) is 5.82 Å². The zero-order chi connectivity index (χ0) is 19.3. The molecule has 8 nitrogen and oxygen atoms in total. The second kappa shape index (κ2) is 9.09. The number of hydrogen-bond acceptors (Lipinski definition) is 7. The highest BCUT2D eigenvalue weighted by Gasteiger charge is 2.34. The number of nitrogens with one attached hydrogen (secondary N) is 1. The van der Waals surface area contributed by atoms with Crippen molar-refractivity contribution in [2.24, 2.45) is 0 Å². The number of aliphatic hydroxyl groups excluding tert-OH is 1. The first-order chi connectivity index (χ1) is 13.7. The van der Waals surface area contributed by atoms with E-state index in [-0.39, 0.29) is 18.1 Å². The van der Waals surface area contributed by atoms with Crippen LogP contribution in [0.25, 0.3) is 5.69 Å². The van der Waals surface area contributed by atoms with Crippen LogP contribution < -0.4 is 5.32 Å². The molecule has 0 bridgehead atoms. The van der Waals surface area contributed by atoms with Crippen molar-refractivity contribution in [2.75, 3.05) is 20.3 Å². The van der Waals surface area contributed by atoms with E-state index in [0.717, 1.165) is 56.8 Å². The maximum absolute atomic E-state index is 10.6. The van der Waals surface area contributed by atoms with Crippen molar-refractivity contribution in [2.45, 2.75) is 62.8 Å². The lowest BCUT2D eigenvalue weighted by Crippen LogP contribution is -2.50. The molecule has 1 saturated heterocycles. The molecular weight excluding hydrogens is 358 g/mol. The molecule has 0 unspecified atom stereocenters. The predicted octanol–water partition coefficient (Wildman–Crippen LogP) is 1.57. The van der Waals surface area contributed by atoms with E-state index in [4.69, 9.17) is 14.5 Å². The normalized spacial score (nSPS) is 26.4. The zero-order valence-corrected chi connectivity index (χ0v) is 16.3. The Morgan fingerprint density at radius 3 is 2.89 bits per heavy atom. The first-order valence-corrected chi connectivity index (χ1v) is 10.1. The van der Waals surface area contributed by atoms with Crippen molar-refractivity contribution < 1.29 is 14.6 Å². The van der Waals surface area contributed by atoms with E-state index in [2.05, 4.69) is 15.4 Å². The molecule has 1 saturated carbocycles. The van der Waals surface area contributed by atoms with Crippen molar-refractivity contribution >= 4 is 0 Å². The summed E-state index contributed by atoms with van der Waals surface area (Å²) in [6, 6.07) is 4.35. The van der Waals surface area contributed by atoms with Gasteiger partial charge in [-0.1, -0.05) is 0 Å². The highest BCUT2D eigenvalue weighted by molar-refractivity contribution is 5.29. The second-order valence-electron chi connectivity index (χ2n) is 7.68. The third-order valence-electron chi connectivity index (χ3n) is 5.69. The Balaban J connectivity index is 1.55. The van der Waals surface area contributed by atoms with Crippen LogP contribution in [0.2, 0.25) is 0 Å². The molecule has 0 spiro atoms. The van der Waals surface area contributed by atoms with Crippen LogP contribution in [0.15, 0.2) is 24.5 Å². The summed E-state index contributed by atoms with van der Waals surface area (Å²) in [5, 5.41) is 18.9. The van der Waals surface area contributed by atoms with Crippen molar-refractivity contribution in [3.05, 3.63) is 36.2 Å². The fourth-order valence-corrected chi connectivity index (χ4v) is 4.23. The van der Waals surface area contributed by atoms with Crippen LogP contribution in [0, 0.1) is 0 Å². The van der Waals surface area contributed by atoms with E-state index in [1.54, 1.807) is 19.5 Å². The molecule has 0 amide bonds. The fourth-order valence-electron chi connectivity index (χ4n) is 4.23. The van der Waals surface area contributed by atoms with Crippen LogP contribution >= 0.6 is 0 Å². The summed E-state index contributed by atoms with van der Waals surface area (Å²) in [7, 11) is 1.65. The molecule has 2 aromatic rings. The summed E-state index contributed by atoms with van der Waals surface area (Å²) in [5.41, 5.74) is 0.896. The van der Waals surface area contributed by atoms with Gasteiger partial charge < -0.3 is 19.9 Å². The third-order valence-corrected chi connectivity index (χ3v) is 5.69. The van der Waals surface area contributed by atoms with Gasteiger partial charge in [-0.25, -0.2) is 9.67 Å². The maximum atomic E-state index is 10.6. The topological polar surface area (TPSA) is 94.3 Å². The van der Waals surface area contributed by atoms with Gasteiger partial charge in [-0.2, -0.15) is 0 Å². The average molecular weight is 387 g/mol. The van der Waals surface area contributed by atoms with E-state index in [1.807, 2.05) is 16.8 Å². The number of aliphatic hydroxyl groups is 1. The van der Waals surface area contributed by atoms with Crippen LogP contribution in [-0.4, -0.2) is 63.4 Å². The van der Waals surface area contributed by atoms with Gasteiger partial charge in [0.1, 0.15) is 12.4 Å². The zero-order valence-electron chi connectivity index (χ0n) is 16.3. The van der Waals surface area contributed by atoms with Crippen LogP contribution in [0.5, 0.6) is 0 Å². The van der Waals surface area contributed by atoms with Gasteiger partial charge in [-0.05, 0) is 44.2 Å². The molecule has 1 aliphatic heterocycles. The highest BCUT2D eigenvalue weighted by Crippen LogP contribution is 2.34. The standard InChI is InChI=1S/C20H29N5O3/c1-27-13-19-23-20(25(24-19)16-3-2-8-21-12-16)14-4-5-18(26)17(11-14)22-15-6-9-28-10-7-15/h2-3,8,12,14-15,17-18,22,26H,4-7,9-11,13H2,1H3/t14-,17+,18+/m0/s1. The summed E-state index contributed by atoms with van der Waals surface area (Å²) < 4.78 is 12.6. The molecule has 8 heteroatoms. The molecule has 4 rings (SSSR count). The molecule has 2 N–H and O–H groups in total. The summed E-state index contributed by atoms with van der Waals surface area (Å²) >= 11 is 0. The van der Waals surface area contributed by atoms with Crippen molar-refractivity contribution in [3.8, 4) is 5.69 Å². The minimum absolute atomic E-state index is 0.0618. The minimum atomic E-state index is -0.327. The highest BCUT2D eigenvalue weighted by atomic mass is 16.5. The molecule has 2 aromatic heterocycles. The van der Waals surface area contributed by atoms with E-state index in [0.29, 0.717) is 18.5 Å². The lowest BCUT2D eigenvalue weighted by atomic mass is 9.82. The molecule has 28 heavy (non-hydrogen) atoms. The number of pyridine rings is 1. The minimum Gasteiger partial charge on any atom is -0.392 e. The van der Waals surface area contributed by atoms with Gasteiger partial charge in [0, 0.05) is 44.5 Å². The predicted molar refractivity (Wildman–Crippen MR) is 103 cm³/mol. The first kappa shape index (κ1) is 19.4. The molecule has 152 valence electrons. The Hall–Kier alpha value is -1.87. The van der Waals surface area contributed by atoms with Gasteiger partial charge in [0.25, 0.3) is 0 Å². The van der Waals surface area contributed by atoms with E-state index in [1.165, 1.54) is 0 Å². The Labute approximate surface area is 165 Å². The lowest BCUT2D eigenvalue weighted by molar-refractivity contribution is 0.0445. The summed E-state index contributed by atoms with van der Waals surface area (Å²) in [6.45, 7) is 1.96. The number of nitrogens with zero attached hydrogens (tertiary/aromatic N) is 4. The average Bonchev–Trinajstić information content (AvgIpc) is 3.15. The van der Waals surface area contributed by atoms with E-state index >= 15 is 0 Å². The van der Waals surface area contributed by atoms with E-state index in [9.17, 15) is 5.11 Å². The number of hydrogen-bond donors (Lipinski definition) is 2. The molecular formula is C20H29N5O3. The summed E-state index contributed by atoms with van der Waals surface area (Å²) in [4.78, 5) is 9.00. The largest absolute Gasteiger partial charge is 0.392 e. The third kappa shape index (κ3) is 4.41. The van der Waals surface area contributed by atoms with E-state index < -0.39 is 0 Å². The van der Waals surface area contributed by atoms with Gasteiger partial charge in [-0.15, -0.1) is 5.10 Å². The summed E-state index contributed by atoms with van der Waals surface area (Å²) in [5.74, 6) is 1.81. The van der Waals surface area contributed by atoms with Crippen molar-refractivity contribution in [1.82, 2.24) is 25.1 Å². The molecule has 0 radical (unpaired) electrons. The Bertz CT molecular complexity index is 748. The fraction of sp³-hybridized carbons (Fsp3) is 0.650. The Morgan fingerprint density at radius 1 is 1.29 bits per heavy atom. The SMILES string of the molecule is COCc1nc([C@H]2CC[C@@H](O)[C@H](NC3CCOCC3)C2)n(-c2cccnc2)n1. The monoisotopic (exact) mass is 387 g/mol. The van der Waals surface area contributed by atoms with Gasteiger partial charge >= 0.3 is 0 Å². The quantitative estimate of drug-likeness (QED) is 0.777. The molecule has 2 aliphatic rings. The summed E-state index contributed by atoms with van der Waals surface area (Å²) in [6.07, 6.45) is 7.70. The van der Waals surface area contributed by atoms with Crippen molar-refractivity contribution in [1.29, 1.82) is 0 Å². The van der Waals surface area contributed by atoms with Gasteiger partial charge in [0.05, 0.1) is 18.0 Å². The van der Waals surface area contributed by atoms with Crippen LogP contribution in [0.4, 0.5) is 0 Å². The van der Waals surface area contributed by atoms with Crippen LogP contribution in [0.3, 0.4) is 0 Å². The first-order valence-electron chi connectivity index (χ1n) is 10.1. The van der Waals surface area contributed by atoms with Crippen LogP contribution in [0.1, 0.15) is 49.7 Å². The molecule has 1 aliphatic carbocycles. The number of methoxy groups -OCH3 is 1. The van der Waals surface area contributed by atoms with Crippen LogP contribution in [-0.2, 0) is 16.1 Å². The van der Waals surface area contributed by atoms with Gasteiger partial charge in [-0.3, -0.25) is 4.98 Å².